The lowest BCUT2D eigenvalue weighted by molar-refractivity contribution is 0.0588. The van der Waals surface area contributed by atoms with Crippen LogP contribution in [0, 0.1) is 0 Å². The molecule has 522 valence electrons. The van der Waals surface area contributed by atoms with Crippen molar-refractivity contribution in [3.05, 3.63) is 263 Å². The number of hydrogen-bond donors (Lipinski definition) is 3. The summed E-state index contributed by atoms with van der Waals surface area (Å²) in [4.78, 5) is 40.6. The molecular formula is C83H86N4O12S2. The fourth-order valence-electron chi connectivity index (χ4n) is 11.1. The number of phenolic OH excluding ortho intramolecular Hbond substituents is 1. The molecule has 0 fully saturated rings. The summed E-state index contributed by atoms with van der Waals surface area (Å²) in [6.45, 7) is 10.6. The molecule has 0 amide bonds. The Kier molecular flexibility index (Phi) is 27.6. The van der Waals surface area contributed by atoms with Crippen molar-refractivity contribution >= 4 is 35.5 Å². The van der Waals surface area contributed by atoms with Crippen LogP contribution in [0.2, 0.25) is 0 Å². The first-order valence-electron chi connectivity index (χ1n) is 34.2. The number of phenols is 1. The third-order valence-electron chi connectivity index (χ3n) is 16.3. The van der Waals surface area contributed by atoms with E-state index < -0.39 is 11.9 Å². The summed E-state index contributed by atoms with van der Waals surface area (Å²) in [7, 11) is 2.71. The third-order valence-corrected chi connectivity index (χ3v) is 18.2. The molecule has 0 aliphatic rings. The SMILES string of the molecule is CCCc1c(OCCCOc2cc(O)c(-c3cnc(SCc4ccccc4)[nH]3)cc2CC)cccc1Oc1ccccc1C(=O)OC.CCCc1c(OCCCOc2cc(OCc3ccccc3)c(-c3cnc(SCc4ccccc4)[nH]3)cc2CC)cccc1Oc1ccccc1C(=O)OC. The highest BCUT2D eigenvalue weighted by Gasteiger charge is 2.22. The summed E-state index contributed by atoms with van der Waals surface area (Å²) in [6, 6.07) is 64.1. The number of H-pyrrole nitrogens is 2. The van der Waals surface area contributed by atoms with E-state index in [9.17, 15) is 14.7 Å². The summed E-state index contributed by atoms with van der Waals surface area (Å²) in [5.74, 6) is 6.66. The molecule has 3 N–H and O–H groups in total. The number of imidazole rings is 2. The molecule has 2 heterocycles. The number of aromatic amines is 2. The van der Waals surface area contributed by atoms with Crippen LogP contribution in [-0.4, -0.2) is 77.6 Å². The van der Waals surface area contributed by atoms with Gasteiger partial charge < -0.3 is 57.7 Å². The zero-order valence-electron chi connectivity index (χ0n) is 58.0. The van der Waals surface area contributed by atoms with Gasteiger partial charge in [0.05, 0.1) is 64.4 Å². The Labute approximate surface area is 600 Å². The van der Waals surface area contributed by atoms with Crippen molar-refractivity contribution in [1.82, 2.24) is 19.9 Å². The fraction of sp³-hybridized carbons (Fsp3) is 0.253. The summed E-state index contributed by atoms with van der Waals surface area (Å²) < 4.78 is 53.9. The minimum atomic E-state index is -0.455. The molecule has 0 spiro atoms. The Hall–Kier alpha value is -10.6. The lowest BCUT2D eigenvalue weighted by Crippen LogP contribution is -2.08. The summed E-state index contributed by atoms with van der Waals surface area (Å²) >= 11 is 3.29. The maximum absolute atomic E-state index is 12.4. The minimum absolute atomic E-state index is 0.131. The number of nitrogens with zero attached hydrogens (tertiary/aromatic N) is 2. The molecule has 0 radical (unpaired) electrons. The van der Waals surface area contributed by atoms with Gasteiger partial charge in [0.1, 0.15) is 75.2 Å². The Morgan fingerprint density at radius 3 is 1.27 bits per heavy atom. The van der Waals surface area contributed by atoms with Crippen molar-refractivity contribution in [2.75, 3.05) is 40.6 Å². The number of carbonyl (C=O) groups is 2. The van der Waals surface area contributed by atoms with Gasteiger partial charge in [0.25, 0.3) is 0 Å². The van der Waals surface area contributed by atoms with E-state index in [-0.39, 0.29) is 5.75 Å². The number of aryl methyl sites for hydroxylation is 2. The first-order chi connectivity index (χ1) is 49.6. The van der Waals surface area contributed by atoms with Gasteiger partial charge in [0, 0.05) is 58.7 Å². The molecule has 0 aliphatic heterocycles. The van der Waals surface area contributed by atoms with Crippen LogP contribution in [0.1, 0.15) is 113 Å². The molecule has 0 saturated carbocycles. The average molecular weight is 1400 g/mol. The van der Waals surface area contributed by atoms with Gasteiger partial charge >= 0.3 is 11.9 Å². The van der Waals surface area contributed by atoms with Crippen molar-refractivity contribution in [3.8, 4) is 80.0 Å². The number of methoxy groups -OCH3 is 2. The van der Waals surface area contributed by atoms with Crippen LogP contribution in [0.4, 0.5) is 0 Å². The number of aromatic hydroxyl groups is 1. The summed E-state index contributed by atoms with van der Waals surface area (Å²) in [5, 5.41) is 12.6. The number of hydrogen-bond acceptors (Lipinski definition) is 16. The largest absolute Gasteiger partial charge is 0.507 e. The second kappa shape index (κ2) is 38.1. The zero-order chi connectivity index (χ0) is 70.6. The maximum Gasteiger partial charge on any atom is 0.341 e. The van der Waals surface area contributed by atoms with Crippen LogP contribution in [-0.2, 0) is 53.3 Å². The number of thioether (sulfide) groups is 2. The van der Waals surface area contributed by atoms with E-state index in [1.54, 1.807) is 72.2 Å². The highest BCUT2D eigenvalue weighted by Crippen LogP contribution is 2.41. The van der Waals surface area contributed by atoms with Gasteiger partial charge in [-0.2, -0.15) is 0 Å². The number of carbonyl (C=O) groups excluding carboxylic acids is 2. The average Bonchev–Trinajstić information content (AvgIpc) is 1.81. The van der Waals surface area contributed by atoms with Crippen molar-refractivity contribution in [1.29, 1.82) is 0 Å². The standard InChI is InChI=1S/C45H46N2O6S.C38H40N2O6S/c1-4-16-35-39(23-14-24-40(35)53-41-22-13-12-21-36(41)44(48)49-3)50-25-15-26-51-42-28-43(52-30-32-17-8-6-9-18-32)37(27-34(42)5-2)38-29-46-45(47-38)54-31-33-19-10-7-11-20-33;1-4-13-28-33(18-11-19-34(28)46-35-17-10-9-16-29(35)37(42)43-3)44-20-12-21-45-36-23-32(41)30(22-27(36)5-2)31-24-39-38(40-31)47-25-26-14-7-6-8-15-26/h6-14,17-24,27-29H,4-5,15-16,25-26,30-31H2,1-3H3,(H,46,47);6-11,14-19,22-24,41H,4-5,12-13,20-21,25H2,1-3H3,(H,39,40). The van der Waals surface area contributed by atoms with Crippen LogP contribution in [0.3, 0.4) is 0 Å². The number of aromatic nitrogens is 4. The zero-order valence-corrected chi connectivity index (χ0v) is 59.6. The summed E-state index contributed by atoms with van der Waals surface area (Å²) in [6.07, 6.45) is 9.75. The molecular weight excluding hydrogens is 1310 g/mol. The van der Waals surface area contributed by atoms with Gasteiger partial charge in [-0.1, -0.05) is 191 Å². The number of rotatable bonds is 35. The lowest BCUT2D eigenvalue weighted by Gasteiger charge is -2.18. The molecule has 101 heavy (non-hydrogen) atoms. The Morgan fingerprint density at radius 1 is 0.416 bits per heavy atom. The fourth-order valence-corrected chi connectivity index (χ4v) is 12.7. The van der Waals surface area contributed by atoms with Gasteiger partial charge in [-0.25, -0.2) is 19.6 Å². The van der Waals surface area contributed by atoms with E-state index in [1.165, 1.54) is 25.3 Å². The number of nitrogens with one attached hydrogen (secondary N) is 2. The van der Waals surface area contributed by atoms with Crippen molar-refractivity contribution in [2.45, 2.75) is 107 Å². The molecule has 11 aromatic rings. The van der Waals surface area contributed by atoms with Crippen LogP contribution in [0.5, 0.6) is 57.5 Å². The predicted octanol–water partition coefficient (Wildman–Crippen LogP) is 19.9. The molecule has 2 aromatic heterocycles. The molecule has 9 aromatic carbocycles. The molecule has 11 rings (SSSR count). The van der Waals surface area contributed by atoms with Gasteiger partial charge in [0.15, 0.2) is 10.3 Å². The molecule has 0 unspecified atom stereocenters. The second-order valence-electron chi connectivity index (χ2n) is 23.4. The van der Waals surface area contributed by atoms with E-state index in [4.69, 9.17) is 42.6 Å². The molecule has 0 saturated heterocycles. The Morgan fingerprint density at radius 2 is 0.812 bits per heavy atom. The van der Waals surface area contributed by atoms with E-state index in [1.807, 2.05) is 109 Å². The second-order valence-corrected chi connectivity index (χ2v) is 25.3. The lowest BCUT2D eigenvalue weighted by atomic mass is 10.0. The molecule has 16 nitrogen and oxygen atoms in total. The van der Waals surface area contributed by atoms with Gasteiger partial charge in [-0.15, -0.1) is 0 Å². The van der Waals surface area contributed by atoms with E-state index in [0.29, 0.717) is 91.3 Å². The van der Waals surface area contributed by atoms with Crippen LogP contribution < -0.4 is 33.2 Å². The third kappa shape index (κ3) is 20.5. The predicted molar refractivity (Wildman–Crippen MR) is 399 cm³/mol. The first kappa shape index (κ1) is 73.2. The molecule has 0 atom stereocenters. The Bertz CT molecular complexity index is 4430. The molecule has 0 aliphatic carbocycles. The van der Waals surface area contributed by atoms with Gasteiger partial charge in [-0.05, 0) is 114 Å². The highest BCUT2D eigenvalue weighted by molar-refractivity contribution is 7.98. The van der Waals surface area contributed by atoms with Crippen molar-refractivity contribution < 1.29 is 57.3 Å². The highest BCUT2D eigenvalue weighted by atomic mass is 32.2. The number of esters is 2. The monoisotopic (exact) mass is 1390 g/mol. The quantitative estimate of drug-likeness (QED) is 0.0193. The van der Waals surface area contributed by atoms with E-state index in [2.05, 4.69) is 102 Å². The number of benzene rings is 9. The van der Waals surface area contributed by atoms with Crippen LogP contribution in [0.25, 0.3) is 22.5 Å². The normalized spacial score (nSPS) is 10.9. The number of para-hydroxylation sites is 2. The first-order valence-corrected chi connectivity index (χ1v) is 36.1. The minimum Gasteiger partial charge on any atom is -0.507 e. The molecule has 0 bridgehead atoms. The molecule has 18 heteroatoms. The van der Waals surface area contributed by atoms with E-state index in [0.717, 1.165) is 128 Å². The topological polar surface area (TPSA) is 195 Å². The van der Waals surface area contributed by atoms with Crippen molar-refractivity contribution in [3.63, 3.8) is 0 Å². The number of ether oxygens (including phenoxy) is 9. The van der Waals surface area contributed by atoms with Crippen LogP contribution >= 0.6 is 23.5 Å². The van der Waals surface area contributed by atoms with Crippen LogP contribution in [0.15, 0.2) is 223 Å². The maximum atomic E-state index is 12.4. The Balaban J connectivity index is 0.000000220. The smallest absolute Gasteiger partial charge is 0.341 e. The van der Waals surface area contributed by atoms with Gasteiger partial charge in [-0.3, -0.25) is 0 Å². The van der Waals surface area contributed by atoms with Crippen molar-refractivity contribution in [2.24, 2.45) is 0 Å². The van der Waals surface area contributed by atoms with Gasteiger partial charge in [0.2, 0.25) is 0 Å². The van der Waals surface area contributed by atoms with E-state index >= 15 is 0 Å². The summed E-state index contributed by atoms with van der Waals surface area (Å²) in [5.41, 5.74) is 11.5.